The predicted octanol–water partition coefficient (Wildman–Crippen LogP) is 3.34. The SMILES string of the molecule is C1CCC(CC2CC2CNC2CC2)CC1. The van der Waals surface area contributed by atoms with Crippen molar-refractivity contribution in [1.29, 1.82) is 0 Å². The molecule has 0 bridgehead atoms. The minimum atomic E-state index is 0.918. The normalized spacial score (nSPS) is 36.8. The van der Waals surface area contributed by atoms with Crippen molar-refractivity contribution in [2.45, 2.75) is 63.8 Å². The van der Waals surface area contributed by atoms with Crippen LogP contribution in [0.4, 0.5) is 0 Å². The van der Waals surface area contributed by atoms with Crippen LogP contribution in [0, 0.1) is 17.8 Å². The van der Waals surface area contributed by atoms with Crippen molar-refractivity contribution >= 4 is 0 Å². The van der Waals surface area contributed by atoms with E-state index >= 15 is 0 Å². The Hall–Kier alpha value is -0.0400. The topological polar surface area (TPSA) is 12.0 Å². The van der Waals surface area contributed by atoms with E-state index in [9.17, 15) is 0 Å². The fourth-order valence-electron chi connectivity index (χ4n) is 3.31. The maximum Gasteiger partial charge on any atom is 0.00683 e. The molecule has 0 amide bonds. The van der Waals surface area contributed by atoms with Crippen molar-refractivity contribution < 1.29 is 0 Å². The monoisotopic (exact) mass is 207 g/mol. The fraction of sp³-hybridized carbons (Fsp3) is 1.00. The molecule has 0 aromatic heterocycles. The molecule has 1 nitrogen and oxygen atoms in total. The first-order valence-electron chi connectivity index (χ1n) is 7.15. The Morgan fingerprint density at radius 3 is 2.40 bits per heavy atom. The van der Waals surface area contributed by atoms with E-state index in [1.807, 2.05) is 0 Å². The van der Waals surface area contributed by atoms with Gasteiger partial charge in [-0.1, -0.05) is 32.1 Å². The molecule has 0 heterocycles. The van der Waals surface area contributed by atoms with Crippen molar-refractivity contribution in [3.63, 3.8) is 0 Å². The smallest absolute Gasteiger partial charge is 0.00683 e. The molecule has 3 aliphatic rings. The lowest BCUT2D eigenvalue weighted by atomic mass is 9.85. The molecule has 0 aromatic rings. The van der Waals surface area contributed by atoms with E-state index in [0.717, 1.165) is 23.8 Å². The van der Waals surface area contributed by atoms with E-state index in [4.69, 9.17) is 0 Å². The Balaban J connectivity index is 1.31. The van der Waals surface area contributed by atoms with Gasteiger partial charge in [-0.05, 0) is 50.0 Å². The second-order valence-corrected chi connectivity index (χ2v) is 6.18. The van der Waals surface area contributed by atoms with Gasteiger partial charge < -0.3 is 5.32 Å². The third kappa shape index (κ3) is 2.96. The Morgan fingerprint density at radius 1 is 0.867 bits per heavy atom. The van der Waals surface area contributed by atoms with Crippen LogP contribution < -0.4 is 5.32 Å². The van der Waals surface area contributed by atoms with E-state index in [0.29, 0.717) is 0 Å². The van der Waals surface area contributed by atoms with Gasteiger partial charge in [0.15, 0.2) is 0 Å². The number of rotatable bonds is 5. The minimum absolute atomic E-state index is 0.918. The molecular formula is C14H25N. The largest absolute Gasteiger partial charge is 0.314 e. The Labute approximate surface area is 94.0 Å². The highest BCUT2D eigenvalue weighted by molar-refractivity contribution is 4.92. The molecule has 0 aromatic carbocycles. The Bertz CT molecular complexity index is 203. The summed E-state index contributed by atoms with van der Waals surface area (Å²) in [4.78, 5) is 0. The summed E-state index contributed by atoms with van der Waals surface area (Å²) in [7, 11) is 0. The summed E-state index contributed by atoms with van der Waals surface area (Å²) >= 11 is 0. The van der Waals surface area contributed by atoms with Crippen molar-refractivity contribution in [2.24, 2.45) is 17.8 Å². The van der Waals surface area contributed by atoms with Crippen LogP contribution in [-0.4, -0.2) is 12.6 Å². The van der Waals surface area contributed by atoms with Gasteiger partial charge in [0.25, 0.3) is 0 Å². The first kappa shape index (κ1) is 10.1. The van der Waals surface area contributed by atoms with E-state index in [1.54, 1.807) is 19.3 Å². The lowest BCUT2D eigenvalue weighted by molar-refractivity contribution is 0.319. The van der Waals surface area contributed by atoms with Crippen molar-refractivity contribution in [3.8, 4) is 0 Å². The summed E-state index contributed by atoms with van der Waals surface area (Å²) in [6.45, 7) is 1.34. The van der Waals surface area contributed by atoms with Gasteiger partial charge in [-0.25, -0.2) is 0 Å². The van der Waals surface area contributed by atoms with Crippen LogP contribution in [0.25, 0.3) is 0 Å². The van der Waals surface area contributed by atoms with Crippen LogP contribution in [0.3, 0.4) is 0 Å². The lowest BCUT2D eigenvalue weighted by Gasteiger charge is -2.21. The molecule has 3 saturated carbocycles. The van der Waals surface area contributed by atoms with Gasteiger partial charge in [0.2, 0.25) is 0 Å². The van der Waals surface area contributed by atoms with Gasteiger partial charge in [0.1, 0.15) is 0 Å². The number of hydrogen-bond acceptors (Lipinski definition) is 1. The summed E-state index contributed by atoms with van der Waals surface area (Å²) in [5.41, 5.74) is 0. The first-order chi connectivity index (χ1) is 7.42. The van der Waals surface area contributed by atoms with Crippen LogP contribution in [0.2, 0.25) is 0 Å². The first-order valence-corrected chi connectivity index (χ1v) is 7.15. The molecule has 3 rings (SSSR count). The quantitative estimate of drug-likeness (QED) is 0.729. The van der Waals surface area contributed by atoms with Gasteiger partial charge in [0.05, 0.1) is 0 Å². The molecule has 86 valence electrons. The minimum Gasteiger partial charge on any atom is -0.314 e. The van der Waals surface area contributed by atoms with Crippen LogP contribution in [-0.2, 0) is 0 Å². The van der Waals surface area contributed by atoms with E-state index in [-0.39, 0.29) is 0 Å². The maximum atomic E-state index is 3.69. The highest BCUT2D eigenvalue weighted by atomic mass is 15.0. The molecule has 3 aliphatic carbocycles. The van der Waals surface area contributed by atoms with Gasteiger partial charge in [-0.15, -0.1) is 0 Å². The molecular weight excluding hydrogens is 182 g/mol. The fourth-order valence-corrected chi connectivity index (χ4v) is 3.31. The average molecular weight is 207 g/mol. The maximum absolute atomic E-state index is 3.69. The molecule has 0 radical (unpaired) electrons. The summed E-state index contributed by atoms with van der Waals surface area (Å²) in [5.74, 6) is 3.28. The summed E-state index contributed by atoms with van der Waals surface area (Å²) in [5, 5.41) is 3.69. The Kier molecular flexibility index (Phi) is 3.01. The van der Waals surface area contributed by atoms with Crippen molar-refractivity contribution in [2.75, 3.05) is 6.54 Å². The molecule has 1 heteroatoms. The second-order valence-electron chi connectivity index (χ2n) is 6.18. The molecule has 0 spiro atoms. The van der Waals surface area contributed by atoms with Crippen LogP contribution in [0.5, 0.6) is 0 Å². The highest BCUT2D eigenvalue weighted by Gasteiger charge is 2.38. The van der Waals surface area contributed by atoms with Crippen LogP contribution in [0.1, 0.15) is 57.8 Å². The zero-order valence-electron chi connectivity index (χ0n) is 9.88. The van der Waals surface area contributed by atoms with Gasteiger partial charge in [-0.2, -0.15) is 0 Å². The third-order valence-electron chi connectivity index (χ3n) is 4.68. The van der Waals surface area contributed by atoms with Gasteiger partial charge in [0, 0.05) is 6.04 Å². The van der Waals surface area contributed by atoms with Crippen molar-refractivity contribution in [3.05, 3.63) is 0 Å². The zero-order chi connectivity index (χ0) is 10.1. The zero-order valence-corrected chi connectivity index (χ0v) is 9.88. The molecule has 1 N–H and O–H groups in total. The Morgan fingerprint density at radius 2 is 1.67 bits per heavy atom. The van der Waals surface area contributed by atoms with Gasteiger partial charge in [-0.3, -0.25) is 0 Å². The summed E-state index contributed by atoms with van der Waals surface area (Å²) < 4.78 is 0. The van der Waals surface area contributed by atoms with Crippen LogP contribution >= 0.6 is 0 Å². The van der Waals surface area contributed by atoms with Gasteiger partial charge >= 0.3 is 0 Å². The van der Waals surface area contributed by atoms with Crippen molar-refractivity contribution in [1.82, 2.24) is 5.32 Å². The number of nitrogens with one attached hydrogen (secondary N) is 1. The highest BCUT2D eigenvalue weighted by Crippen LogP contribution is 2.45. The van der Waals surface area contributed by atoms with E-state index in [1.165, 1.54) is 45.1 Å². The standard InChI is InChI=1S/C14H25N/c1-2-4-11(5-3-1)8-12-9-13(12)10-15-14-6-7-14/h11-15H,1-10H2. The third-order valence-corrected chi connectivity index (χ3v) is 4.68. The van der Waals surface area contributed by atoms with Crippen LogP contribution in [0.15, 0.2) is 0 Å². The van der Waals surface area contributed by atoms with E-state index in [2.05, 4.69) is 5.32 Å². The molecule has 0 saturated heterocycles. The molecule has 15 heavy (non-hydrogen) atoms. The van der Waals surface area contributed by atoms with E-state index < -0.39 is 0 Å². The molecule has 2 atom stereocenters. The summed E-state index contributed by atoms with van der Waals surface area (Å²) in [6, 6.07) is 0.918. The average Bonchev–Trinajstić information content (AvgIpc) is 3.12. The predicted molar refractivity (Wildman–Crippen MR) is 63.8 cm³/mol. The number of hydrogen-bond donors (Lipinski definition) is 1. The molecule has 3 fully saturated rings. The summed E-state index contributed by atoms with van der Waals surface area (Å²) in [6.07, 6.45) is 13.6. The lowest BCUT2D eigenvalue weighted by Crippen LogP contribution is -2.20. The second kappa shape index (κ2) is 4.45. The molecule has 0 aliphatic heterocycles. The molecule has 2 unspecified atom stereocenters.